The average molecular weight is 134 g/mol. The average Bonchev–Trinajstić information content (AvgIpc) is 2.03. The second-order valence-electron chi connectivity index (χ2n) is 1.71. The van der Waals surface area contributed by atoms with Crippen molar-refractivity contribution < 1.29 is 0 Å². The zero-order valence-electron chi connectivity index (χ0n) is 5.27. The number of aromatic nitrogens is 1. The Morgan fingerprint density at radius 3 is 3.10 bits per heavy atom. The zero-order chi connectivity index (χ0) is 7.23. The van der Waals surface area contributed by atoms with Crippen molar-refractivity contribution in [3.05, 3.63) is 41.2 Å². The number of nitrogens with zero attached hydrogens (tertiary/aromatic N) is 2. The van der Waals surface area contributed by atoms with Gasteiger partial charge in [0.05, 0.1) is 6.20 Å². The van der Waals surface area contributed by atoms with Crippen LogP contribution in [0, 0.1) is 4.91 Å². The summed E-state index contributed by atoms with van der Waals surface area (Å²) >= 11 is 0. The largest absolute Gasteiger partial charge is 0.264 e. The minimum absolute atomic E-state index is 0.877. The second-order valence-corrected chi connectivity index (χ2v) is 1.71. The maximum absolute atomic E-state index is 9.62. The van der Waals surface area contributed by atoms with Gasteiger partial charge in [-0.2, -0.15) is 0 Å². The Bertz CT molecular complexity index is 231. The quantitative estimate of drug-likeness (QED) is 0.579. The van der Waals surface area contributed by atoms with Gasteiger partial charge in [0.2, 0.25) is 0 Å². The molecule has 0 unspecified atom stereocenters. The standard InChI is InChI=1S/C7H6N2O/c10-9-5-3-7-2-1-4-8-6-7/h1-6H/b5-3+. The molecule has 0 aliphatic rings. The van der Waals surface area contributed by atoms with Gasteiger partial charge in [-0.3, -0.25) is 4.98 Å². The molecule has 0 N–H and O–H groups in total. The highest BCUT2D eigenvalue weighted by Gasteiger charge is 1.80. The highest BCUT2D eigenvalue weighted by atomic mass is 16.2. The van der Waals surface area contributed by atoms with E-state index in [2.05, 4.69) is 10.2 Å². The number of hydrogen-bond donors (Lipinski definition) is 0. The molecule has 0 atom stereocenters. The van der Waals surface area contributed by atoms with E-state index in [9.17, 15) is 4.91 Å². The molecule has 0 spiro atoms. The maximum Gasteiger partial charge on any atom is 0.0721 e. The fourth-order valence-corrected chi connectivity index (χ4v) is 0.591. The van der Waals surface area contributed by atoms with Crippen LogP contribution in [-0.2, 0) is 0 Å². The van der Waals surface area contributed by atoms with Crippen LogP contribution in [0.3, 0.4) is 0 Å². The smallest absolute Gasteiger partial charge is 0.0721 e. The van der Waals surface area contributed by atoms with Gasteiger partial charge in [-0.15, -0.1) is 4.91 Å². The van der Waals surface area contributed by atoms with Crippen molar-refractivity contribution in [1.29, 1.82) is 0 Å². The summed E-state index contributed by atoms with van der Waals surface area (Å²) in [4.78, 5) is 13.5. The lowest BCUT2D eigenvalue weighted by molar-refractivity contribution is 1.32. The molecule has 0 aliphatic heterocycles. The molecule has 1 heterocycles. The molecule has 0 amide bonds. The summed E-state index contributed by atoms with van der Waals surface area (Å²) in [6, 6.07) is 3.64. The Labute approximate surface area is 58.4 Å². The van der Waals surface area contributed by atoms with Gasteiger partial charge in [0.25, 0.3) is 0 Å². The molecular formula is C7H6N2O. The summed E-state index contributed by atoms with van der Waals surface area (Å²) in [5.74, 6) is 0. The third-order valence-corrected chi connectivity index (χ3v) is 1.01. The van der Waals surface area contributed by atoms with Gasteiger partial charge in [0.15, 0.2) is 0 Å². The van der Waals surface area contributed by atoms with Gasteiger partial charge < -0.3 is 0 Å². The first-order valence-electron chi connectivity index (χ1n) is 2.82. The van der Waals surface area contributed by atoms with Gasteiger partial charge >= 0.3 is 0 Å². The van der Waals surface area contributed by atoms with Crippen molar-refractivity contribution in [3.63, 3.8) is 0 Å². The van der Waals surface area contributed by atoms with Gasteiger partial charge in [0, 0.05) is 12.4 Å². The normalized spacial score (nSPS) is 10.0. The second kappa shape index (κ2) is 3.50. The maximum atomic E-state index is 9.62. The third-order valence-electron chi connectivity index (χ3n) is 1.01. The van der Waals surface area contributed by atoms with Crippen LogP contribution in [0.5, 0.6) is 0 Å². The number of pyridine rings is 1. The van der Waals surface area contributed by atoms with Crippen LogP contribution < -0.4 is 0 Å². The Hall–Kier alpha value is -1.51. The Morgan fingerprint density at radius 2 is 2.50 bits per heavy atom. The summed E-state index contributed by atoms with van der Waals surface area (Å²) in [5, 5.41) is 2.57. The fourth-order valence-electron chi connectivity index (χ4n) is 0.591. The Morgan fingerprint density at radius 1 is 1.60 bits per heavy atom. The summed E-state index contributed by atoms with van der Waals surface area (Å²) < 4.78 is 0. The van der Waals surface area contributed by atoms with Crippen LogP contribution >= 0.6 is 0 Å². The fraction of sp³-hybridized carbons (Fsp3) is 0. The number of rotatable bonds is 2. The molecule has 0 aromatic carbocycles. The van der Waals surface area contributed by atoms with Crippen molar-refractivity contribution in [3.8, 4) is 0 Å². The lowest BCUT2D eigenvalue weighted by Crippen LogP contribution is -1.71. The van der Waals surface area contributed by atoms with E-state index in [0.29, 0.717) is 0 Å². The summed E-state index contributed by atoms with van der Waals surface area (Å²) in [6.07, 6.45) is 6.12. The molecule has 0 radical (unpaired) electrons. The zero-order valence-corrected chi connectivity index (χ0v) is 5.27. The SMILES string of the molecule is O=N/C=C/c1cccnc1. The molecule has 0 fully saturated rings. The summed E-state index contributed by atoms with van der Waals surface area (Å²) in [7, 11) is 0. The van der Waals surface area contributed by atoms with Gasteiger partial charge in [-0.25, -0.2) is 0 Å². The monoisotopic (exact) mass is 134 g/mol. The van der Waals surface area contributed by atoms with Crippen LogP contribution in [0.1, 0.15) is 5.56 Å². The molecule has 50 valence electrons. The molecule has 0 bridgehead atoms. The van der Waals surface area contributed by atoms with E-state index in [4.69, 9.17) is 0 Å². The van der Waals surface area contributed by atoms with E-state index >= 15 is 0 Å². The highest BCUT2D eigenvalue weighted by Crippen LogP contribution is 1.97. The van der Waals surface area contributed by atoms with E-state index in [-0.39, 0.29) is 0 Å². The predicted octanol–water partition coefficient (Wildman–Crippen LogP) is 1.82. The Kier molecular flexibility index (Phi) is 2.31. The number of hydrogen-bond acceptors (Lipinski definition) is 3. The predicted molar refractivity (Wildman–Crippen MR) is 39.1 cm³/mol. The first-order chi connectivity index (χ1) is 4.93. The first-order valence-corrected chi connectivity index (χ1v) is 2.82. The van der Waals surface area contributed by atoms with Crippen LogP contribution in [0.2, 0.25) is 0 Å². The first kappa shape index (κ1) is 6.61. The van der Waals surface area contributed by atoms with Crippen molar-refractivity contribution >= 4 is 6.08 Å². The molecule has 3 nitrogen and oxygen atoms in total. The van der Waals surface area contributed by atoms with Crippen molar-refractivity contribution in [2.45, 2.75) is 0 Å². The van der Waals surface area contributed by atoms with E-state index in [1.165, 1.54) is 6.20 Å². The van der Waals surface area contributed by atoms with Crippen LogP contribution in [0.15, 0.2) is 35.9 Å². The summed E-state index contributed by atoms with van der Waals surface area (Å²) in [6.45, 7) is 0. The van der Waals surface area contributed by atoms with Crippen molar-refractivity contribution in [1.82, 2.24) is 4.98 Å². The van der Waals surface area contributed by atoms with E-state index in [1.54, 1.807) is 24.5 Å². The lowest BCUT2D eigenvalue weighted by Gasteiger charge is -1.85. The third kappa shape index (κ3) is 1.78. The minimum Gasteiger partial charge on any atom is -0.264 e. The van der Waals surface area contributed by atoms with Gasteiger partial charge in [-0.05, 0) is 22.9 Å². The van der Waals surface area contributed by atoms with E-state index in [0.717, 1.165) is 5.56 Å². The molecule has 0 aliphatic carbocycles. The molecule has 10 heavy (non-hydrogen) atoms. The molecular weight excluding hydrogens is 128 g/mol. The van der Waals surface area contributed by atoms with Gasteiger partial charge in [-0.1, -0.05) is 6.07 Å². The van der Waals surface area contributed by atoms with Crippen molar-refractivity contribution in [2.24, 2.45) is 5.18 Å². The lowest BCUT2D eigenvalue weighted by atomic mass is 10.3. The highest BCUT2D eigenvalue weighted by molar-refractivity contribution is 5.46. The number of nitroso groups, excluding NO2 is 1. The Balaban J connectivity index is 2.76. The molecule has 0 saturated carbocycles. The van der Waals surface area contributed by atoms with Gasteiger partial charge in [0.1, 0.15) is 0 Å². The molecule has 1 rings (SSSR count). The van der Waals surface area contributed by atoms with E-state index in [1.807, 2.05) is 6.07 Å². The van der Waals surface area contributed by atoms with E-state index < -0.39 is 0 Å². The molecule has 1 aromatic rings. The van der Waals surface area contributed by atoms with Crippen LogP contribution in [0.25, 0.3) is 6.08 Å². The molecule has 0 saturated heterocycles. The molecule has 3 heteroatoms. The van der Waals surface area contributed by atoms with Crippen LogP contribution in [0.4, 0.5) is 0 Å². The molecule has 1 aromatic heterocycles. The minimum atomic E-state index is 0.877. The summed E-state index contributed by atoms with van der Waals surface area (Å²) in [5.41, 5.74) is 0.877. The van der Waals surface area contributed by atoms with Crippen LogP contribution in [-0.4, -0.2) is 4.98 Å². The topological polar surface area (TPSA) is 42.3 Å². The van der Waals surface area contributed by atoms with Crippen molar-refractivity contribution in [2.75, 3.05) is 0 Å².